The van der Waals surface area contributed by atoms with Crippen molar-refractivity contribution < 1.29 is 24.2 Å². The van der Waals surface area contributed by atoms with Gasteiger partial charge in [0.05, 0.1) is 29.9 Å². The number of nitrogens with one attached hydrogen (secondary N) is 1. The second-order valence-corrected chi connectivity index (χ2v) is 17.0. The number of aryl methyl sites for hydroxylation is 1. The van der Waals surface area contributed by atoms with Crippen LogP contribution in [0.1, 0.15) is 79.6 Å². The fourth-order valence-electron chi connectivity index (χ4n) is 9.57. The number of phenolic OH excluding ortho intramolecular Hbond substituents is 1. The van der Waals surface area contributed by atoms with Crippen molar-refractivity contribution in [2.45, 2.75) is 70.6 Å². The summed E-state index contributed by atoms with van der Waals surface area (Å²) in [5, 5.41) is 22.4. The number of carbonyl (C=O) groups is 3. The molecule has 5 aromatic rings. The van der Waals surface area contributed by atoms with Crippen molar-refractivity contribution in [3.63, 3.8) is 0 Å². The third kappa shape index (κ3) is 8.23. The van der Waals surface area contributed by atoms with Crippen LogP contribution in [-0.2, 0) is 16.0 Å². The lowest BCUT2D eigenvalue weighted by molar-refractivity contribution is -0.120. The van der Waals surface area contributed by atoms with E-state index in [-0.39, 0.29) is 36.1 Å². The number of ether oxygens (including phenoxy) is 1. The number of hydrogen-bond donors (Lipinski definition) is 3. The van der Waals surface area contributed by atoms with Crippen LogP contribution in [0, 0.1) is 5.92 Å². The number of aromatic hydroxyl groups is 1. The fourth-order valence-corrected chi connectivity index (χ4v) is 9.57. The van der Waals surface area contributed by atoms with E-state index in [2.05, 4.69) is 49.9 Å². The number of fused-ring (bicyclic) bond motifs is 1. The Morgan fingerprint density at radius 3 is 2.48 bits per heavy atom. The summed E-state index contributed by atoms with van der Waals surface area (Å²) in [6.07, 6.45) is 9.40. The van der Waals surface area contributed by atoms with Crippen molar-refractivity contribution in [1.82, 2.24) is 34.9 Å². The quantitative estimate of drug-likeness (QED) is 0.160. The van der Waals surface area contributed by atoms with Crippen LogP contribution < -0.4 is 20.9 Å². The Hall–Kier alpha value is -6.06. The van der Waals surface area contributed by atoms with E-state index in [1.54, 1.807) is 29.3 Å². The van der Waals surface area contributed by atoms with Gasteiger partial charge in [0.2, 0.25) is 5.91 Å². The molecule has 9 rings (SSSR count). The summed E-state index contributed by atoms with van der Waals surface area (Å²) in [7, 11) is 0. The number of imide groups is 1. The molecule has 6 heterocycles. The number of benzene rings is 2. The number of pyridine rings is 1. The van der Waals surface area contributed by atoms with Gasteiger partial charge in [-0.3, -0.25) is 24.7 Å². The summed E-state index contributed by atoms with van der Waals surface area (Å²) in [5.74, 6) is 0.870. The van der Waals surface area contributed by atoms with Crippen LogP contribution in [0.15, 0.2) is 73.1 Å². The van der Waals surface area contributed by atoms with Gasteiger partial charge in [0, 0.05) is 87.0 Å². The minimum Gasteiger partial charge on any atom is -0.507 e. The van der Waals surface area contributed by atoms with Crippen LogP contribution in [-0.4, -0.2) is 111 Å². The molecule has 61 heavy (non-hydrogen) atoms. The second kappa shape index (κ2) is 17.1. The number of piperazine rings is 1. The summed E-state index contributed by atoms with van der Waals surface area (Å²) in [4.78, 5) is 51.0. The van der Waals surface area contributed by atoms with Gasteiger partial charge in [-0.05, 0) is 92.5 Å². The van der Waals surface area contributed by atoms with Gasteiger partial charge in [-0.2, -0.15) is 0 Å². The normalized spacial score (nSPS) is 22.8. The minimum absolute atomic E-state index is 0.0377. The second-order valence-electron chi connectivity index (χ2n) is 17.0. The van der Waals surface area contributed by atoms with Crippen molar-refractivity contribution in [2.24, 2.45) is 5.92 Å². The molecule has 4 N–H and O–H groups in total. The predicted molar refractivity (Wildman–Crippen MR) is 233 cm³/mol. The Balaban J connectivity index is 0.766. The first-order valence-electron chi connectivity index (χ1n) is 21.7. The molecule has 318 valence electrons. The monoisotopic (exact) mass is 826 g/mol. The molecule has 3 saturated heterocycles. The Morgan fingerprint density at radius 1 is 0.967 bits per heavy atom. The zero-order valence-electron chi connectivity index (χ0n) is 34.9. The minimum atomic E-state index is -0.393. The zero-order chi connectivity index (χ0) is 42.2. The topological polar surface area (TPSA) is 175 Å². The van der Waals surface area contributed by atoms with Crippen molar-refractivity contribution in [3.8, 4) is 17.0 Å². The molecule has 1 saturated carbocycles. The third-order valence-corrected chi connectivity index (χ3v) is 13.1. The van der Waals surface area contributed by atoms with E-state index in [4.69, 9.17) is 15.5 Å². The zero-order valence-corrected chi connectivity index (χ0v) is 34.9. The third-order valence-electron chi connectivity index (χ3n) is 13.1. The number of morpholine rings is 1. The number of aromatic nitrogens is 4. The Kier molecular flexibility index (Phi) is 11.3. The fraction of sp³-hybridized carbons (Fsp3) is 0.435. The molecule has 3 aromatic heterocycles. The molecule has 3 aliphatic heterocycles. The Labute approximate surface area is 355 Å². The summed E-state index contributed by atoms with van der Waals surface area (Å²) in [6.45, 7) is 9.81. The number of nitrogen functional groups attached to an aromatic ring is 1. The van der Waals surface area contributed by atoms with E-state index < -0.39 is 6.03 Å². The average molecular weight is 827 g/mol. The number of nitrogens with zero attached hydrogens (tertiary/aromatic N) is 8. The molecule has 2 atom stereocenters. The maximum absolute atomic E-state index is 13.7. The number of anilines is 3. The molecular formula is C46H54N10O5. The van der Waals surface area contributed by atoms with Crippen LogP contribution >= 0.6 is 0 Å². The van der Waals surface area contributed by atoms with Gasteiger partial charge < -0.3 is 29.9 Å². The Bertz CT molecular complexity index is 2420. The summed E-state index contributed by atoms with van der Waals surface area (Å²) < 4.78 is 8.64. The van der Waals surface area contributed by atoms with E-state index in [0.29, 0.717) is 67.4 Å². The number of phenols is 1. The SMILES string of the molecule is CCc1cn(C2CCC(CN3CCN(C(=O)c4ccc([C@@H]5CN(c6cc(-c7ccccc7O)nnc6N)[C@H](C)CO5)cc4)CC3)CC2)c2ncc(N3CCC(=O)NC3=O)cc12. The summed E-state index contributed by atoms with van der Waals surface area (Å²) in [6, 6.07) is 18.8. The number of carbonyl (C=O) groups excluding carboxylic acids is 3. The smallest absolute Gasteiger partial charge is 0.328 e. The highest BCUT2D eigenvalue weighted by atomic mass is 16.5. The number of para-hydroxylation sites is 1. The van der Waals surface area contributed by atoms with E-state index >= 15 is 0 Å². The maximum atomic E-state index is 13.7. The molecule has 4 aliphatic rings. The van der Waals surface area contributed by atoms with E-state index in [1.165, 1.54) is 5.56 Å². The van der Waals surface area contributed by atoms with E-state index in [1.807, 2.05) is 47.4 Å². The highest BCUT2D eigenvalue weighted by Gasteiger charge is 2.32. The van der Waals surface area contributed by atoms with Gasteiger partial charge >= 0.3 is 6.03 Å². The van der Waals surface area contributed by atoms with Gasteiger partial charge in [0.15, 0.2) is 5.82 Å². The van der Waals surface area contributed by atoms with Gasteiger partial charge in [0.1, 0.15) is 17.5 Å². The van der Waals surface area contributed by atoms with Crippen LogP contribution in [0.2, 0.25) is 0 Å². The molecular weight excluding hydrogens is 773 g/mol. The molecule has 0 unspecified atom stereocenters. The number of rotatable bonds is 9. The molecule has 15 heteroatoms. The van der Waals surface area contributed by atoms with Gasteiger partial charge in [0.25, 0.3) is 5.91 Å². The average Bonchev–Trinajstić information content (AvgIpc) is 3.65. The van der Waals surface area contributed by atoms with Crippen LogP contribution in [0.5, 0.6) is 5.75 Å². The molecule has 2 aromatic carbocycles. The van der Waals surface area contributed by atoms with Gasteiger partial charge in [-0.15, -0.1) is 10.2 Å². The molecule has 4 amide bonds. The number of urea groups is 1. The Morgan fingerprint density at radius 2 is 1.74 bits per heavy atom. The van der Waals surface area contributed by atoms with E-state index in [0.717, 1.165) is 79.7 Å². The van der Waals surface area contributed by atoms with Crippen molar-refractivity contribution in [2.75, 3.05) is 68.0 Å². The summed E-state index contributed by atoms with van der Waals surface area (Å²) in [5.41, 5.74) is 12.8. The molecule has 0 spiro atoms. The lowest BCUT2D eigenvalue weighted by Gasteiger charge is -2.40. The van der Waals surface area contributed by atoms with Gasteiger partial charge in [-0.1, -0.05) is 31.2 Å². The summed E-state index contributed by atoms with van der Waals surface area (Å²) >= 11 is 0. The highest BCUT2D eigenvalue weighted by molar-refractivity contribution is 6.06. The number of amides is 4. The van der Waals surface area contributed by atoms with Gasteiger partial charge in [-0.25, -0.2) is 9.78 Å². The van der Waals surface area contributed by atoms with Crippen molar-refractivity contribution in [1.29, 1.82) is 0 Å². The lowest BCUT2D eigenvalue weighted by Crippen LogP contribution is -2.50. The first kappa shape index (κ1) is 40.4. The number of hydrogen-bond acceptors (Lipinski definition) is 11. The molecule has 4 fully saturated rings. The molecule has 1 aliphatic carbocycles. The largest absolute Gasteiger partial charge is 0.507 e. The number of nitrogens with two attached hydrogens (primary N) is 1. The molecule has 0 radical (unpaired) electrons. The highest BCUT2D eigenvalue weighted by Crippen LogP contribution is 2.38. The first-order chi connectivity index (χ1) is 29.6. The molecule has 15 nitrogen and oxygen atoms in total. The van der Waals surface area contributed by atoms with Crippen LogP contribution in [0.4, 0.5) is 22.0 Å². The first-order valence-corrected chi connectivity index (χ1v) is 21.7. The van der Waals surface area contributed by atoms with Crippen molar-refractivity contribution in [3.05, 3.63) is 89.7 Å². The maximum Gasteiger partial charge on any atom is 0.328 e. The standard InChI is InChI=1S/C46H54N10O5/c1-3-31-26-56(44-37(31)22-35(24-48-44)54-17-16-42(58)49-46(54)60)34-14-8-30(9-15-34)25-52-18-20-53(21-19-52)45(59)33-12-10-32(11-13-33)41-27-55(29(2)28-61-41)39-23-38(50-51-43(39)47)36-6-4-5-7-40(36)57/h4-7,10-13,22-24,26,29-30,34,41,57H,3,8-9,14-21,25,27-28H2,1-2H3,(H2,47,51)(H,49,58,60)/t29-,30?,34?,41+/m1/s1. The van der Waals surface area contributed by atoms with Crippen molar-refractivity contribution >= 4 is 46.1 Å². The lowest BCUT2D eigenvalue weighted by atomic mass is 9.85. The predicted octanol–water partition coefficient (Wildman–Crippen LogP) is 5.95. The van der Waals surface area contributed by atoms with Crippen LogP contribution in [0.25, 0.3) is 22.3 Å². The van der Waals surface area contributed by atoms with E-state index in [9.17, 15) is 19.5 Å². The molecule has 0 bridgehead atoms. The van der Waals surface area contributed by atoms with Crippen LogP contribution in [0.3, 0.4) is 0 Å².